The average Bonchev–Trinajstić information content (AvgIpc) is 2.16. The van der Waals surface area contributed by atoms with Crippen LogP contribution in [0.4, 0.5) is 0 Å². The molecule has 0 N–H and O–H groups in total. The maximum absolute atomic E-state index is 3.85. The molecule has 0 bridgehead atoms. The van der Waals surface area contributed by atoms with Gasteiger partial charge in [-0.1, -0.05) is 0 Å². The van der Waals surface area contributed by atoms with E-state index in [1.54, 1.807) is 0 Å². The summed E-state index contributed by atoms with van der Waals surface area (Å²) in [5, 5.41) is 1.12. The van der Waals surface area contributed by atoms with Gasteiger partial charge in [0.2, 0.25) is 0 Å². The van der Waals surface area contributed by atoms with Crippen molar-refractivity contribution in [3.63, 3.8) is 0 Å². The average molecular weight is 225 g/mol. The van der Waals surface area contributed by atoms with Crippen LogP contribution in [0.1, 0.15) is 71.1 Å². The van der Waals surface area contributed by atoms with E-state index < -0.39 is 0 Å². The second-order valence-electron chi connectivity index (χ2n) is 3.86. The molecule has 0 aliphatic heterocycles. The van der Waals surface area contributed by atoms with Gasteiger partial charge in [0.05, 0.1) is 0 Å². The zero-order valence-corrected chi connectivity index (χ0v) is 10.2. The van der Waals surface area contributed by atoms with Crippen LogP contribution >= 0.6 is 0 Å². The molecule has 0 aliphatic carbocycles. The van der Waals surface area contributed by atoms with Gasteiger partial charge >= 0.3 is 92.5 Å². The van der Waals surface area contributed by atoms with E-state index in [1.807, 2.05) is 0 Å². The molecule has 0 fully saturated rings. The first-order chi connectivity index (χ1) is 6.41. The van der Waals surface area contributed by atoms with Gasteiger partial charge in [-0.15, -0.1) is 0 Å². The van der Waals surface area contributed by atoms with Crippen LogP contribution in [-0.4, -0.2) is 0 Å². The Hall–Kier alpha value is 0.519. The van der Waals surface area contributed by atoms with E-state index in [9.17, 15) is 0 Å². The van der Waals surface area contributed by atoms with Crippen molar-refractivity contribution in [3.8, 4) is 0 Å². The third-order valence-electron chi connectivity index (χ3n) is 2.48. The molecule has 0 radical (unpaired) electrons. The number of rotatable bonds is 10. The normalized spacial score (nSPS) is 10.6. The van der Waals surface area contributed by atoms with Crippen molar-refractivity contribution in [2.75, 3.05) is 0 Å². The van der Waals surface area contributed by atoms with Crippen LogP contribution in [-0.2, 0) is 16.0 Å². The molecule has 0 aromatic carbocycles. The Bertz CT molecular complexity index is 71.2. The molecular weight excluding hydrogens is 200 g/mol. The van der Waals surface area contributed by atoms with Gasteiger partial charge in [0.1, 0.15) is 0 Å². The Morgan fingerprint density at radius 2 is 1.00 bits per heavy atom. The van der Waals surface area contributed by atoms with Crippen LogP contribution in [0, 0.1) is 0 Å². The molecule has 0 aliphatic rings. The number of hydrogen-bond acceptors (Lipinski definition) is 0. The van der Waals surface area contributed by atoms with E-state index >= 15 is 0 Å². The summed E-state index contributed by atoms with van der Waals surface area (Å²) in [6, 6.07) is 0. The molecule has 0 heterocycles. The third-order valence-corrected chi connectivity index (χ3v) is 2.87. The monoisotopic (exact) mass is 225 g/mol. The summed E-state index contributed by atoms with van der Waals surface area (Å²) < 4.78 is 0. The van der Waals surface area contributed by atoms with Gasteiger partial charge in [0.15, 0.2) is 0 Å². The Balaban J connectivity index is 2.76. The Morgan fingerprint density at radius 1 is 0.615 bits per heavy atom. The second-order valence-corrected chi connectivity index (χ2v) is 4.41. The van der Waals surface area contributed by atoms with Gasteiger partial charge in [-0.3, -0.25) is 0 Å². The summed E-state index contributed by atoms with van der Waals surface area (Å²) in [4.78, 5) is 0. The molecule has 0 aromatic rings. The Kier molecular flexibility index (Phi) is 13.0. The van der Waals surface area contributed by atoms with Crippen LogP contribution in [0.25, 0.3) is 0 Å². The van der Waals surface area contributed by atoms with Crippen LogP contribution in [0.2, 0.25) is 5.32 Å². The first kappa shape index (κ1) is 13.5. The zero-order valence-electron chi connectivity index (χ0n) is 9.13. The summed E-state index contributed by atoms with van der Waals surface area (Å²) in [7, 11) is 0. The predicted octanol–water partition coefficient (Wildman–Crippen LogP) is 4.87. The third kappa shape index (κ3) is 12.5. The molecule has 13 heavy (non-hydrogen) atoms. The van der Waals surface area contributed by atoms with Crippen molar-refractivity contribution in [1.29, 1.82) is 0 Å². The van der Waals surface area contributed by atoms with E-state index in [-0.39, 0.29) is 0 Å². The Labute approximate surface area is 92.7 Å². The number of unbranched alkanes of at least 4 members (excludes halogenated alkanes) is 9. The van der Waals surface area contributed by atoms with Gasteiger partial charge in [0.25, 0.3) is 0 Å². The van der Waals surface area contributed by atoms with Crippen LogP contribution < -0.4 is 0 Å². The summed E-state index contributed by atoms with van der Waals surface area (Å²) in [6.45, 7) is 2.28. The molecule has 0 spiro atoms. The molecule has 0 nitrogen and oxygen atoms in total. The van der Waals surface area contributed by atoms with Crippen molar-refractivity contribution in [3.05, 3.63) is 0 Å². The molecule has 0 saturated heterocycles. The van der Waals surface area contributed by atoms with Gasteiger partial charge in [0, 0.05) is 0 Å². The fourth-order valence-electron chi connectivity index (χ4n) is 1.58. The molecular formula is C12H25Fe. The molecule has 1 heteroatoms. The first-order valence-corrected chi connectivity index (χ1v) is 6.74. The standard InChI is InChI=1S/C12H25.Fe/c1-3-5-7-9-11-12-10-8-6-4-2;/h1,3-12H2,2H3;. The zero-order chi connectivity index (χ0) is 9.78. The Morgan fingerprint density at radius 3 is 1.38 bits per heavy atom. The molecule has 0 atom stereocenters. The molecule has 0 rings (SSSR count). The van der Waals surface area contributed by atoms with E-state index in [0.717, 1.165) is 5.32 Å². The van der Waals surface area contributed by atoms with Gasteiger partial charge in [-0.05, 0) is 0 Å². The van der Waals surface area contributed by atoms with E-state index in [0.29, 0.717) is 0 Å². The molecule has 0 aromatic heterocycles. The van der Waals surface area contributed by atoms with Gasteiger partial charge in [-0.2, -0.15) is 0 Å². The predicted molar refractivity (Wildman–Crippen MR) is 56.7 cm³/mol. The van der Waals surface area contributed by atoms with E-state index in [2.05, 4.69) is 22.9 Å². The van der Waals surface area contributed by atoms with Crippen molar-refractivity contribution in [2.24, 2.45) is 0 Å². The molecule has 0 saturated carbocycles. The van der Waals surface area contributed by atoms with Crippen LogP contribution in [0.15, 0.2) is 0 Å². The van der Waals surface area contributed by atoms with E-state index in [1.165, 1.54) is 64.2 Å². The molecule has 0 unspecified atom stereocenters. The molecule has 81 valence electrons. The van der Waals surface area contributed by atoms with Gasteiger partial charge < -0.3 is 0 Å². The fourth-order valence-corrected chi connectivity index (χ4v) is 1.85. The van der Waals surface area contributed by atoms with Crippen molar-refractivity contribution in [2.45, 2.75) is 76.5 Å². The van der Waals surface area contributed by atoms with Crippen LogP contribution in [0.3, 0.4) is 0 Å². The second kappa shape index (κ2) is 12.5. The SMILES string of the molecule is CCCCCCCCCCC[CH2][Fe]. The first-order valence-electron chi connectivity index (χ1n) is 5.96. The van der Waals surface area contributed by atoms with Crippen LogP contribution in [0.5, 0.6) is 0 Å². The van der Waals surface area contributed by atoms with Crippen molar-refractivity contribution >= 4 is 0 Å². The topological polar surface area (TPSA) is 0 Å². The van der Waals surface area contributed by atoms with Crippen molar-refractivity contribution < 1.29 is 16.0 Å². The van der Waals surface area contributed by atoms with Crippen molar-refractivity contribution in [1.82, 2.24) is 0 Å². The summed E-state index contributed by atoms with van der Waals surface area (Å²) in [5.41, 5.74) is 0. The quantitative estimate of drug-likeness (QED) is 0.367. The minimum absolute atomic E-state index is 1.12. The minimum atomic E-state index is 1.12. The van der Waals surface area contributed by atoms with E-state index in [4.69, 9.17) is 0 Å². The summed E-state index contributed by atoms with van der Waals surface area (Å²) in [6.07, 6.45) is 14.2. The van der Waals surface area contributed by atoms with Gasteiger partial charge in [-0.25, -0.2) is 0 Å². The molecule has 0 amide bonds. The maximum atomic E-state index is 3.85. The summed E-state index contributed by atoms with van der Waals surface area (Å²) in [5.74, 6) is 0. The summed E-state index contributed by atoms with van der Waals surface area (Å²) >= 11 is 3.85. The fraction of sp³-hybridized carbons (Fsp3) is 1.00. The number of hydrogen-bond donors (Lipinski definition) is 0.